The van der Waals surface area contributed by atoms with E-state index in [-0.39, 0.29) is 18.4 Å². The summed E-state index contributed by atoms with van der Waals surface area (Å²) in [5, 5.41) is 13.6. The number of amides is 1. The van der Waals surface area contributed by atoms with Crippen LogP contribution in [0.3, 0.4) is 0 Å². The van der Waals surface area contributed by atoms with Crippen LogP contribution in [0.5, 0.6) is 0 Å². The zero-order valence-corrected chi connectivity index (χ0v) is 19.3. The van der Waals surface area contributed by atoms with Crippen LogP contribution in [0.1, 0.15) is 35.6 Å². The molecule has 2 aromatic rings. The van der Waals surface area contributed by atoms with Crippen molar-refractivity contribution < 1.29 is 35.2 Å². The Morgan fingerprint density at radius 1 is 1.14 bits per heavy atom. The molecule has 0 saturated heterocycles. The molecule has 12 heteroatoms. The first-order valence-electron chi connectivity index (χ1n) is 10.5. The lowest BCUT2D eigenvalue weighted by Crippen LogP contribution is -2.54. The number of aryl methyl sites for hydroxylation is 1. The summed E-state index contributed by atoms with van der Waals surface area (Å²) in [6, 6.07) is 5.68. The lowest BCUT2D eigenvalue weighted by Gasteiger charge is -2.28. The Balaban J connectivity index is 1.92. The minimum atomic E-state index is -4.90. The molecule has 0 heterocycles. The summed E-state index contributed by atoms with van der Waals surface area (Å²) in [5.41, 5.74) is -1.36. The highest BCUT2D eigenvalue weighted by Gasteiger charge is 2.48. The van der Waals surface area contributed by atoms with Crippen LogP contribution in [-0.2, 0) is 20.4 Å². The average molecular weight is 516 g/mol. The molecule has 1 saturated carbocycles. The average Bonchev–Trinajstić information content (AvgIpc) is 3.54. The maximum Gasteiger partial charge on any atom is 0.407 e. The van der Waals surface area contributed by atoms with Gasteiger partial charge >= 0.3 is 6.18 Å². The molecule has 6 nitrogen and oxygen atoms in total. The monoisotopic (exact) mass is 515 g/mol. The molecule has 0 bridgehead atoms. The number of carbonyl (C=O) groups is 1. The van der Waals surface area contributed by atoms with Gasteiger partial charge in [0.1, 0.15) is 17.6 Å². The topological polar surface area (TPSA) is 99.1 Å². The second-order valence-corrected chi connectivity index (χ2v) is 10.7. The predicted octanol–water partition coefficient (Wildman–Crippen LogP) is 3.62. The first-order valence-corrected chi connectivity index (χ1v) is 12.3. The SMILES string of the molecule is Cc1ccc(C(NC(CS(=O)(=O)Cc2cccc(F)c2F)C(=O)NC2(C#N)CC2)C(F)(F)F)cc1. The first-order chi connectivity index (χ1) is 16.3. The van der Waals surface area contributed by atoms with Crippen molar-refractivity contribution in [1.82, 2.24) is 10.6 Å². The molecule has 2 aromatic carbocycles. The molecule has 0 radical (unpaired) electrons. The highest BCUT2D eigenvalue weighted by Crippen LogP contribution is 2.36. The van der Waals surface area contributed by atoms with E-state index in [2.05, 4.69) is 10.6 Å². The standard InChI is InChI=1S/C23H22F5N3O3S/c1-14-5-7-15(8-6-14)20(23(26,27)28)30-18(21(32)31-22(13-29)9-10-22)12-35(33,34)11-16-3-2-4-17(24)19(16)25/h2-8,18,20,30H,9-12H2,1H3,(H,31,32). The maximum absolute atomic E-state index is 14.0. The molecule has 3 rings (SSSR count). The summed E-state index contributed by atoms with van der Waals surface area (Å²) in [5.74, 6) is -5.99. The van der Waals surface area contributed by atoms with Crippen molar-refractivity contribution in [1.29, 1.82) is 5.26 Å². The fourth-order valence-corrected chi connectivity index (χ4v) is 5.03. The van der Waals surface area contributed by atoms with Gasteiger partial charge in [0.2, 0.25) is 5.91 Å². The Kier molecular flexibility index (Phi) is 7.52. The van der Waals surface area contributed by atoms with E-state index >= 15 is 0 Å². The van der Waals surface area contributed by atoms with Crippen molar-refractivity contribution in [3.63, 3.8) is 0 Å². The molecule has 1 amide bonds. The number of nitriles is 1. The number of sulfone groups is 1. The van der Waals surface area contributed by atoms with Gasteiger partial charge in [0.25, 0.3) is 0 Å². The summed E-state index contributed by atoms with van der Waals surface area (Å²) in [7, 11) is -4.42. The zero-order valence-electron chi connectivity index (χ0n) is 18.5. The third-order valence-corrected chi connectivity index (χ3v) is 7.17. The fourth-order valence-electron chi connectivity index (χ4n) is 3.46. The first kappa shape index (κ1) is 26.6. The maximum atomic E-state index is 14.0. The van der Waals surface area contributed by atoms with Crippen LogP contribution in [0.25, 0.3) is 0 Å². The third kappa shape index (κ3) is 6.76. The van der Waals surface area contributed by atoms with Crippen LogP contribution in [0, 0.1) is 29.9 Å². The van der Waals surface area contributed by atoms with Gasteiger partial charge in [-0.2, -0.15) is 18.4 Å². The number of halogens is 5. The van der Waals surface area contributed by atoms with Crippen molar-refractivity contribution >= 4 is 15.7 Å². The molecule has 2 atom stereocenters. The van der Waals surface area contributed by atoms with E-state index < -0.39 is 68.2 Å². The summed E-state index contributed by atoms with van der Waals surface area (Å²) < 4.78 is 94.9. The minimum Gasteiger partial charge on any atom is -0.336 e. The lowest BCUT2D eigenvalue weighted by atomic mass is 10.0. The number of nitrogens with zero attached hydrogens (tertiary/aromatic N) is 1. The number of hydrogen-bond acceptors (Lipinski definition) is 5. The molecule has 1 fully saturated rings. The van der Waals surface area contributed by atoms with Gasteiger partial charge in [0.05, 0.1) is 17.6 Å². The highest BCUT2D eigenvalue weighted by molar-refractivity contribution is 7.90. The Hall–Kier alpha value is -3.04. The number of alkyl halides is 3. The number of carbonyl (C=O) groups excluding carboxylic acids is 1. The van der Waals surface area contributed by atoms with Gasteiger partial charge in [-0.05, 0) is 31.4 Å². The largest absolute Gasteiger partial charge is 0.407 e. The second-order valence-electron chi connectivity index (χ2n) is 8.56. The quantitative estimate of drug-likeness (QED) is 0.497. The molecule has 1 aliphatic carbocycles. The Labute approximate surface area is 199 Å². The van der Waals surface area contributed by atoms with Gasteiger partial charge in [-0.25, -0.2) is 17.2 Å². The molecule has 188 valence electrons. The molecule has 0 spiro atoms. The van der Waals surface area contributed by atoms with Crippen LogP contribution < -0.4 is 10.6 Å². The Bertz CT molecular complexity index is 1240. The van der Waals surface area contributed by atoms with Crippen molar-refractivity contribution in [2.75, 3.05) is 5.75 Å². The van der Waals surface area contributed by atoms with Crippen molar-refractivity contribution in [3.8, 4) is 6.07 Å². The minimum absolute atomic E-state index is 0.254. The van der Waals surface area contributed by atoms with E-state index in [0.29, 0.717) is 5.56 Å². The normalized spacial score (nSPS) is 16.7. The summed E-state index contributed by atoms with van der Waals surface area (Å²) in [6.07, 6.45) is -4.37. The fraction of sp³-hybridized carbons (Fsp3) is 0.391. The molecule has 1 aliphatic rings. The van der Waals surface area contributed by atoms with E-state index in [1.54, 1.807) is 6.92 Å². The number of nitrogens with one attached hydrogen (secondary N) is 2. The van der Waals surface area contributed by atoms with Crippen LogP contribution in [-0.4, -0.2) is 37.8 Å². The van der Waals surface area contributed by atoms with Crippen LogP contribution in [0.15, 0.2) is 42.5 Å². The second kappa shape index (κ2) is 9.91. The lowest BCUT2D eigenvalue weighted by molar-refractivity contribution is -0.160. The van der Waals surface area contributed by atoms with E-state index in [1.165, 1.54) is 24.3 Å². The Morgan fingerprint density at radius 2 is 1.77 bits per heavy atom. The zero-order chi connectivity index (χ0) is 26.0. The van der Waals surface area contributed by atoms with Gasteiger partial charge in [-0.3, -0.25) is 10.1 Å². The van der Waals surface area contributed by atoms with Crippen molar-refractivity contribution in [2.45, 2.75) is 49.3 Å². The van der Waals surface area contributed by atoms with Gasteiger partial charge in [0.15, 0.2) is 21.5 Å². The molecule has 2 N–H and O–H groups in total. The van der Waals surface area contributed by atoms with Gasteiger partial charge in [0, 0.05) is 5.56 Å². The third-order valence-electron chi connectivity index (χ3n) is 5.58. The Morgan fingerprint density at radius 3 is 2.31 bits per heavy atom. The smallest absolute Gasteiger partial charge is 0.336 e. The number of benzene rings is 2. The van der Waals surface area contributed by atoms with E-state index in [0.717, 1.165) is 18.2 Å². The molecular formula is C23H22F5N3O3S. The van der Waals surface area contributed by atoms with Crippen molar-refractivity contribution in [2.24, 2.45) is 0 Å². The van der Waals surface area contributed by atoms with E-state index in [4.69, 9.17) is 0 Å². The predicted molar refractivity (Wildman–Crippen MR) is 116 cm³/mol. The molecule has 0 aliphatic heterocycles. The van der Waals surface area contributed by atoms with Gasteiger partial charge < -0.3 is 5.32 Å². The van der Waals surface area contributed by atoms with E-state index in [9.17, 15) is 40.4 Å². The number of rotatable bonds is 9. The highest BCUT2D eigenvalue weighted by atomic mass is 32.2. The molecular weight excluding hydrogens is 493 g/mol. The summed E-state index contributed by atoms with van der Waals surface area (Å²) in [6.45, 7) is 1.67. The molecule has 2 unspecified atom stereocenters. The van der Waals surface area contributed by atoms with Crippen LogP contribution in [0.4, 0.5) is 22.0 Å². The summed E-state index contributed by atoms with van der Waals surface area (Å²) >= 11 is 0. The number of hydrogen-bond donors (Lipinski definition) is 2. The van der Waals surface area contributed by atoms with Crippen molar-refractivity contribution in [3.05, 3.63) is 70.8 Å². The summed E-state index contributed by atoms with van der Waals surface area (Å²) in [4.78, 5) is 12.9. The molecule has 35 heavy (non-hydrogen) atoms. The van der Waals surface area contributed by atoms with Gasteiger partial charge in [-0.15, -0.1) is 0 Å². The van der Waals surface area contributed by atoms with Crippen LogP contribution in [0.2, 0.25) is 0 Å². The van der Waals surface area contributed by atoms with Gasteiger partial charge in [-0.1, -0.05) is 42.0 Å². The van der Waals surface area contributed by atoms with E-state index in [1.807, 2.05) is 6.07 Å². The molecule has 0 aromatic heterocycles. The van der Waals surface area contributed by atoms with Crippen LogP contribution >= 0.6 is 0 Å².